The van der Waals surface area contributed by atoms with E-state index in [0.29, 0.717) is 42.9 Å². The standard InChI is InChI=1S/C21H27N3O6S/c1-4-12-29-21(26)16-7-9-18(10-8-16)22-20(25)17-6-5-11-24(13-17)31(27,28)19-14(2)23-30-15(19)3/h7-10,17H,4-6,11-13H2,1-3H3,(H,22,25). The summed E-state index contributed by atoms with van der Waals surface area (Å²) in [6.45, 7) is 5.83. The normalized spacial score (nSPS) is 17.3. The zero-order valence-electron chi connectivity index (χ0n) is 17.9. The van der Waals surface area contributed by atoms with Crippen molar-refractivity contribution >= 4 is 27.6 Å². The number of ether oxygens (including phenoxy) is 1. The molecule has 1 N–H and O–H groups in total. The quantitative estimate of drug-likeness (QED) is 0.646. The first kappa shape index (κ1) is 23.0. The minimum Gasteiger partial charge on any atom is -0.462 e. The zero-order chi connectivity index (χ0) is 22.6. The average molecular weight is 450 g/mol. The van der Waals surface area contributed by atoms with E-state index in [1.165, 1.54) is 4.31 Å². The Bertz CT molecular complexity index is 1030. The molecule has 1 saturated heterocycles. The number of aromatic nitrogens is 1. The number of hydrogen-bond donors (Lipinski definition) is 1. The molecule has 1 aromatic carbocycles. The van der Waals surface area contributed by atoms with Crippen LogP contribution in [0.15, 0.2) is 33.7 Å². The van der Waals surface area contributed by atoms with Crippen LogP contribution >= 0.6 is 0 Å². The minimum atomic E-state index is -3.80. The van der Waals surface area contributed by atoms with Crippen LogP contribution in [0.1, 0.15) is 48.0 Å². The number of nitrogens with zero attached hydrogens (tertiary/aromatic N) is 2. The van der Waals surface area contributed by atoms with Crippen molar-refractivity contribution in [3.05, 3.63) is 41.3 Å². The molecule has 10 heteroatoms. The number of anilines is 1. The van der Waals surface area contributed by atoms with Gasteiger partial charge in [0, 0.05) is 18.8 Å². The number of esters is 1. The van der Waals surface area contributed by atoms with Gasteiger partial charge < -0.3 is 14.6 Å². The Balaban J connectivity index is 1.65. The van der Waals surface area contributed by atoms with E-state index in [4.69, 9.17) is 9.26 Å². The number of rotatable bonds is 7. The highest BCUT2D eigenvalue weighted by atomic mass is 32.2. The molecule has 9 nitrogen and oxygen atoms in total. The summed E-state index contributed by atoms with van der Waals surface area (Å²) in [4.78, 5) is 24.7. The monoisotopic (exact) mass is 449 g/mol. The number of amides is 1. The summed E-state index contributed by atoms with van der Waals surface area (Å²) in [6, 6.07) is 6.43. The number of aryl methyl sites for hydroxylation is 2. The number of piperidine rings is 1. The fourth-order valence-electron chi connectivity index (χ4n) is 3.56. The molecule has 0 radical (unpaired) electrons. The molecule has 1 atom stereocenters. The molecular weight excluding hydrogens is 422 g/mol. The van der Waals surface area contributed by atoms with Gasteiger partial charge in [-0.3, -0.25) is 4.79 Å². The van der Waals surface area contributed by atoms with Gasteiger partial charge in [-0.1, -0.05) is 12.1 Å². The summed E-state index contributed by atoms with van der Waals surface area (Å²) in [5, 5.41) is 6.54. The van der Waals surface area contributed by atoms with Crippen molar-refractivity contribution in [1.82, 2.24) is 9.46 Å². The van der Waals surface area contributed by atoms with Gasteiger partial charge in [-0.15, -0.1) is 0 Å². The molecule has 2 heterocycles. The summed E-state index contributed by atoms with van der Waals surface area (Å²) in [5.74, 6) is -0.924. The van der Waals surface area contributed by atoms with Crippen LogP contribution in [-0.4, -0.2) is 49.5 Å². The van der Waals surface area contributed by atoms with Gasteiger partial charge in [0.2, 0.25) is 15.9 Å². The van der Waals surface area contributed by atoms with Gasteiger partial charge in [0.15, 0.2) is 5.76 Å². The Morgan fingerprint density at radius 1 is 1.26 bits per heavy atom. The van der Waals surface area contributed by atoms with Crippen molar-refractivity contribution in [3.8, 4) is 0 Å². The maximum Gasteiger partial charge on any atom is 0.338 e. The molecule has 1 fully saturated rings. The minimum absolute atomic E-state index is 0.0686. The van der Waals surface area contributed by atoms with Gasteiger partial charge in [-0.05, 0) is 57.4 Å². The van der Waals surface area contributed by atoms with Crippen LogP contribution in [0.5, 0.6) is 0 Å². The maximum absolute atomic E-state index is 13.0. The highest BCUT2D eigenvalue weighted by Crippen LogP contribution is 2.28. The summed E-state index contributed by atoms with van der Waals surface area (Å²) < 4.78 is 37.5. The van der Waals surface area contributed by atoms with E-state index in [1.54, 1.807) is 38.1 Å². The molecule has 0 saturated carbocycles. The van der Waals surface area contributed by atoms with Gasteiger partial charge in [0.1, 0.15) is 10.6 Å². The van der Waals surface area contributed by atoms with Crippen LogP contribution in [0.4, 0.5) is 5.69 Å². The van der Waals surface area contributed by atoms with Gasteiger partial charge in [-0.2, -0.15) is 4.31 Å². The molecule has 1 amide bonds. The Labute approximate surface area is 181 Å². The number of carbonyl (C=O) groups excluding carboxylic acids is 2. The molecule has 0 aliphatic carbocycles. The van der Waals surface area contributed by atoms with Crippen LogP contribution in [-0.2, 0) is 19.6 Å². The van der Waals surface area contributed by atoms with E-state index in [2.05, 4.69) is 10.5 Å². The van der Waals surface area contributed by atoms with E-state index in [0.717, 1.165) is 6.42 Å². The highest BCUT2D eigenvalue weighted by molar-refractivity contribution is 7.89. The third kappa shape index (κ3) is 5.13. The first-order valence-corrected chi connectivity index (χ1v) is 11.7. The molecule has 1 aliphatic heterocycles. The smallest absolute Gasteiger partial charge is 0.338 e. The fraction of sp³-hybridized carbons (Fsp3) is 0.476. The Morgan fingerprint density at radius 3 is 2.58 bits per heavy atom. The van der Waals surface area contributed by atoms with Crippen molar-refractivity contribution in [2.24, 2.45) is 5.92 Å². The molecule has 0 bridgehead atoms. The van der Waals surface area contributed by atoms with Gasteiger partial charge in [0.25, 0.3) is 0 Å². The molecule has 2 aromatic rings. The first-order chi connectivity index (χ1) is 14.7. The number of benzene rings is 1. The van der Waals surface area contributed by atoms with Crippen LogP contribution in [0.25, 0.3) is 0 Å². The SMILES string of the molecule is CCCOC(=O)c1ccc(NC(=O)C2CCCN(S(=O)(=O)c3c(C)noc3C)C2)cc1. The molecule has 1 unspecified atom stereocenters. The molecule has 31 heavy (non-hydrogen) atoms. The highest BCUT2D eigenvalue weighted by Gasteiger charge is 2.36. The lowest BCUT2D eigenvalue weighted by molar-refractivity contribution is -0.120. The molecule has 168 valence electrons. The average Bonchev–Trinajstić information content (AvgIpc) is 3.11. The van der Waals surface area contributed by atoms with Crippen LogP contribution < -0.4 is 5.32 Å². The third-order valence-corrected chi connectivity index (χ3v) is 7.26. The lowest BCUT2D eigenvalue weighted by Gasteiger charge is -2.31. The van der Waals surface area contributed by atoms with Crippen molar-refractivity contribution in [2.75, 3.05) is 25.0 Å². The van der Waals surface area contributed by atoms with Crippen LogP contribution in [0, 0.1) is 19.8 Å². The Hall–Kier alpha value is -2.72. The topological polar surface area (TPSA) is 119 Å². The lowest BCUT2D eigenvalue weighted by atomic mass is 9.98. The first-order valence-electron chi connectivity index (χ1n) is 10.2. The Morgan fingerprint density at radius 2 is 1.97 bits per heavy atom. The summed E-state index contributed by atoms with van der Waals surface area (Å²) >= 11 is 0. The number of sulfonamides is 1. The van der Waals surface area contributed by atoms with Crippen molar-refractivity contribution < 1.29 is 27.3 Å². The van der Waals surface area contributed by atoms with Gasteiger partial charge >= 0.3 is 5.97 Å². The number of carbonyl (C=O) groups is 2. The van der Waals surface area contributed by atoms with E-state index in [9.17, 15) is 18.0 Å². The van der Waals surface area contributed by atoms with E-state index in [-0.39, 0.29) is 23.1 Å². The number of nitrogens with one attached hydrogen (secondary N) is 1. The zero-order valence-corrected chi connectivity index (χ0v) is 18.7. The largest absolute Gasteiger partial charge is 0.462 e. The predicted molar refractivity (Wildman–Crippen MR) is 113 cm³/mol. The summed E-state index contributed by atoms with van der Waals surface area (Å²) in [7, 11) is -3.80. The van der Waals surface area contributed by atoms with Crippen molar-refractivity contribution in [2.45, 2.75) is 44.9 Å². The van der Waals surface area contributed by atoms with Gasteiger partial charge in [0.05, 0.1) is 18.1 Å². The third-order valence-electron chi connectivity index (χ3n) is 5.15. The predicted octanol–water partition coefficient (Wildman–Crippen LogP) is 2.90. The lowest BCUT2D eigenvalue weighted by Crippen LogP contribution is -2.43. The van der Waals surface area contributed by atoms with Crippen molar-refractivity contribution in [3.63, 3.8) is 0 Å². The molecular formula is C21H27N3O6S. The Kier molecular flexibility index (Phi) is 7.11. The molecule has 1 aliphatic rings. The number of hydrogen-bond acceptors (Lipinski definition) is 7. The van der Waals surface area contributed by atoms with E-state index in [1.807, 2.05) is 6.92 Å². The van der Waals surface area contributed by atoms with Crippen LogP contribution in [0.2, 0.25) is 0 Å². The fourth-order valence-corrected chi connectivity index (χ4v) is 5.37. The molecule has 3 rings (SSSR count). The van der Waals surface area contributed by atoms with Crippen molar-refractivity contribution in [1.29, 1.82) is 0 Å². The second-order valence-electron chi connectivity index (χ2n) is 7.56. The van der Waals surface area contributed by atoms with Gasteiger partial charge in [-0.25, -0.2) is 13.2 Å². The maximum atomic E-state index is 13.0. The summed E-state index contributed by atoms with van der Waals surface area (Å²) in [6.07, 6.45) is 1.90. The molecule has 0 spiro atoms. The van der Waals surface area contributed by atoms with E-state index >= 15 is 0 Å². The second kappa shape index (κ2) is 9.61. The second-order valence-corrected chi connectivity index (χ2v) is 9.43. The summed E-state index contributed by atoms with van der Waals surface area (Å²) in [5.41, 5.74) is 1.24. The molecule has 1 aromatic heterocycles. The van der Waals surface area contributed by atoms with Crippen LogP contribution in [0.3, 0.4) is 0 Å². The van der Waals surface area contributed by atoms with E-state index < -0.39 is 21.9 Å².